The Morgan fingerprint density at radius 3 is 2.28 bits per heavy atom. The molecule has 0 aliphatic carbocycles. The highest BCUT2D eigenvalue weighted by molar-refractivity contribution is 5.74. The molecule has 0 amide bonds. The first kappa shape index (κ1) is 14.6. The molecule has 0 unspecified atom stereocenters. The molecule has 0 atom stereocenters. The average Bonchev–Trinajstić information content (AvgIpc) is 2.25. The summed E-state index contributed by atoms with van der Waals surface area (Å²) < 4.78 is 32.1. The Morgan fingerprint density at radius 1 is 1.28 bits per heavy atom. The van der Waals surface area contributed by atoms with Crippen molar-refractivity contribution in [1.82, 2.24) is 0 Å². The van der Waals surface area contributed by atoms with E-state index in [0.29, 0.717) is 0 Å². The summed E-state index contributed by atoms with van der Waals surface area (Å²) in [6.07, 6.45) is -0.0711. The van der Waals surface area contributed by atoms with Gasteiger partial charge in [0.15, 0.2) is 0 Å². The van der Waals surface area contributed by atoms with Crippen molar-refractivity contribution in [2.75, 3.05) is 7.11 Å². The predicted molar refractivity (Wildman–Crippen MR) is 62.2 cm³/mol. The first-order chi connectivity index (χ1) is 8.27. The van der Waals surface area contributed by atoms with Crippen LogP contribution < -0.4 is 0 Å². The van der Waals surface area contributed by atoms with Crippen molar-refractivity contribution in [1.29, 1.82) is 0 Å². The Balaban J connectivity index is 3.05. The molecule has 18 heavy (non-hydrogen) atoms. The minimum atomic E-state index is -1.14. The van der Waals surface area contributed by atoms with E-state index in [9.17, 15) is 13.6 Å². The van der Waals surface area contributed by atoms with Gasteiger partial charge in [-0.15, -0.1) is 0 Å². The molecule has 1 aromatic rings. The third-order valence-electron chi connectivity index (χ3n) is 2.73. The summed E-state index contributed by atoms with van der Waals surface area (Å²) >= 11 is 0. The van der Waals surface area contributed by atoms with Gasteiger partial charge in [0.2, 0.25) is 0 Å². The van der Waals surface area contributed by atoms with Crippen LogP contribution in [0.3, 0.4) is 0 Å². The van der Waals surface area contributed by atoms with Crippen LogP contribution in [0.5, 0.6) is 0 Å². The summed E-state index contributed by atoms with van der Waals surface area (Å²) in [5.74, 6) is -2.25. The van der Waals surface area contributed by atoms with Crippen LogP contribution in [0.25, 0.3) is 0 Å². The van der Waals surface area contributed by atoms with Gasteiger partial charge >= 0.3 is 5.97 Å². The van der Waals surface area contributed by atoms with E-state index in [-0.39, 0.29) is 24.2 Å². The van der Waals surface area contributed by atoms with Crippen LogP contribution in [-0.2, 0) is 22.6 Å². The van der Waals surface area contributed by atoms with Gasteiger partial charge in [0.05, 0.1) is 12.0 Å². The molecule has 0 heterocycles. The zero-order valence-electron chi connectivity index (χ0n) is 10.6. The van der Waals surface area contributed by atoms with Crippen LogP contribution in [0.1, 0.15) is 25.0 Å². The Bertz CT molecular complexity index is 456. The largest absolute Gasteiger partial charge is 0.481 e. The van der Waals surface area contributed by atoms with Crippen molar-refractivity contribution in [2.45, 2.75) is 26.9 Å². The zero-order chi connectivity index (χ0) is 13.9. The molecule has 0 saturated carbocycles. The molecule has 3 nitrogen and oxygen atoms in total. The standard InChI is InChI=1S/C13H16F2O3/c1-13(2,12(16)17)6-8-4-11(15)9(7-18-3)5-10(8)14/h4-5H,6-7H2,1-3H3,(H,16,17). The van der Waals surface area contributed by atoms with Gasteiger partial charge in [0, 0.05) is 12.7 Å². The second-order valence-corrected chi connectivity index (χ2v) is 4.83. The molecule has 1 rings (SSSR count). The number of carboxylic acids is 1. The molecule has 0 aliphatic rings. The molecule has 1 aromatic carbocycles. The molecule has 0 aliphatic heterocycles. The molecule has 100 valence electrons. The number of ether oxygens (including phenoxy) is 1. The summed E-state index contributed by atoms with van der Waals surface area (Å²) in [5.41, 5.74) is -0.970. The normalized spacial score (nSPS) is 11.6. The fraction of sp³-hybridized carbons (Fsp3) is 0.462. The van der Waals surface area contributed by atoms with Crippen LogP contribution in [0.2, 0.25) is 0 Å². The van der Waals surface area contributed by atoms with Gasteiger partial charge in [0.25, 0.3) is 0 Å². The van der Waals surface area contributed by atoms with Crippen molar-refractivity contribution in [3.63, 3.8) is 0 Å². The monoisotopic (exact) mass is 258 g/mol. The van der Waals surface area contributed by atoms with E-state index in [0.717, 1.165) is 12.1 Å². The molecule has 0 fully saturated rings. The number of hydrogen-bond donors (Lipinski definition) is 1. The Kier molecular flexibility index (Phi) is 4.40. The maximum atomic E-state index is 13.7. The van der Waals surface area contributed by atoms with Crippen molar-refractivity contribution in [3.8, 4) is 0 Å². The molecule has 0 spiro atoms. The van der Waals surface area contributed by atoms with E-state index in [1.807, 2.05) is 0 Å². The van der Waals surface area contributed by atoms with E-state index >= 15 is 0 Å². The lowest BCUT2D eigenvalue weighted by atomic mass is 9.85. The topological polar surface area (TPSA) is 46.5 Å². The van der Waals surface area contributed by atoms with Crippen LogP contribution >= 0.6 is 0 Å². The zero-order valence-corrected chi connectivity index (χ0v) is 10.6. The van der Waals surface area contributed by atoms with Crippen LogP contribution in [0.15, 0.2) is 12.1 Å². The number of aliphatic carboxylic acids is 1. The summed E-state index contributed by atoms with van der Waals surface area (Å²) in [6, 6.07) is 2.08. The van der Waals surface area contributed by atoms with Gasteiger partial charge in [-0.2, -0.15) is 0 Å². The summed E-state index contributed by atoms with van der Waals surface area (Å²) in [6.45, 7) is 2.91. The quantitative estimate of drug-likeness (QED) is 0.883. The Hall–Kier alpha value is -1.49. The Morgan fingerprint density at radius 2 is 1.78 bits per heavy atom. The third-order valence-corrected chi connectivity index (χ3v) is 2.73. The average molecular weight is 258 g/mol. The highest BCUT2D eigenvalue weighted by Gasteiger charge is 2.29. The van der Waals surface area contributed by atoms with Gasteiger partial charge < -0.3 is 9.84 Å². The summed E-state index contributed by atoms with van der Waals surface area (Å²) in [7, 11) is 1.39. The van der Waals surface area contributed by atoms with Crippen molar-refractivity contribution < 1.29 is 23.4 Å². The number of halogens is 2. The van der Waals surface area contributed by atoms with E-state index in [1.165, 1.54) is 21.0 Å². The molecular formula is C13H16F2O3. The highest BCUT2D eigenvalue weighted by atomic mass is 19.1. The first-order valence-electron chi connectivity index (χ1n) is 5.47. The molecule has 0 aromatic heterocycles. The number of benzene rings is 1. The molecule has 0 bridgehead atoms. The van der Waals surface area contributed by atoms with E-state index in [1.54, 1.807) is 0 Å². The minimum Gasteiger partial charge on any atom is -0.481 e. The second kappa shape index (κ2) is 5.44. The number of rotatable bonds is 5. The molecule has 1 N–H and O–H groups in total. The van der Waals surface area contributed by atoms with Crippen molar-refractivity contribution in [2.24, 2.45) is 5.41 Å². The number of carboxylic acid groups (broad SMARTS) is 1. The van der Waals surface area contributed by atoms with Crippen molar-refractivity contribution in [3.05, 3.63) is 34.9 Å². The highest BCUT2D eigenvalue weighted by Crippen LogP contribution is 2.25. The van der Waals surface area contributed by atoms with E-state index in [2.05, 4.69) is 0 Å². The summed E-state index contributed by atoms with van der Waals surface area (Å²) in [4.78, 5) is 11.0. The lowest BCUT2D eigenvalue weighted by molar-refractivity contribution is -0.146. The maximum Gasteiger partial charge on any atom is 0.309 e. The van der Waals surface area contributed by atoms with Crippen LogP contribution in [0.4, 0.5) is 8.78 Å². The molecule has 0 saturated heterocycles. The van der Waals surface area contributed by atoms with Gasteiger partial charge in [-0.25, -0.2) is 8.78 Å². The first-order valence-corrected chi connectivity index (χ1v) is 5.47. The maximum absolute atomic E-state index is 13.7. The lowest BCUT2D eigenvalue weighted by Gasteiger charge is -2.19. The number of carbonyl (C=O) groups is 1. The fourth-order valence-electron chi connectivity index (χ4n) is 1.58. The number of methoxy groups -OCH3 is 1. The smallest absolute Gasteiger partial charge is 0.309 e. The number of hydrogen-bond acceptors (Lipinski definition) is 2. The van der Waals surface area contributed by atoms with E-state index < -0.39 is 23.0 Å². The van der Waals surface area contributed by atoms with Crippen LogP contribution in [-0.4, -0.2) is 18.2 Å². The van der Waals surface area contributed by atoms with Gasteiger partial charge in [-0.05, 0) is 38.0 Å². The summed E-state index contributed by atoms with van der Waals surface area (Å²) in [5, 5.41) is 8.97. The van der Waals surface area contributed by atoms with E-state index in [4.69, 9.17) is 9.84 Å². The third kappa shape index (κ3) is 3.26. The minimum absolute atomic E-state index is 0.0225. The predicted octanol–water partition coefficient (Wildman–Crippen LogP) is 2.76. The van der Waals surface area contributed by atoms with Crippen molar-refractivity contribution >= 4 is 5.97 Å². The molecule has 0 radical (unpaired) electrons. The van der Waals surface area contributed by atoms with Gasteiger partial charge in [0.1, 0.15) is 11.6 Å². The lowest BCUT2D eigenvalue weighted by Crippen LogP contribution is -2.26. The van der Waals surface area contributed by atoms with Gasteiger partial charge in [-0.1, -0.05) is 0 Å². The molecule has 5 heteroatoms. The Labute approximate surface area is 104 Å². The van der Waals surface area contributed by atoms with Gasteiger partial charge in [-0.3, -0.25) is 4.79 Å². The fourth-order valence-corrected chi connectivity index (χ4v) is 1.58. The van der Waals surface area contributed by atoms with Crippen LogP contribution in [0, 0.1) is 17.0 Å². The molecular weight excluding hydrogens is 242 g/mol. The second-order valence-electron chi connectivity index (χ2n) is 4.83. The SMILES string of the molecule is COCc1cc(F)c(CC(C)(C)C(=O)O)cc1F.